The third kappa shape index (κ3) is 2.72. The van der Waals surface area contributed by atoms with E-state index in [2.05, 4.69) is 28.8 Å². The van der Waals surface area contributed by atoms with Gasteiger partial charge in [-0.2, -0.15) is 0 Å². The molecule has 1 unspecified atom stereocenters. The van der Waals surface area contributed by atoms with Crippen molar-refractivity contribution in [2.75, 3.05) is 32.4 Å². The van der Waals surface area contributed by atoms with Gasteiger partial charge in [-0.25, -0.2) is 4.98 Å². The van der Waals surface area contributed by atoms with Gasteiger partial charge in [-0.1, -0.05) is 6.92 Å². The van der Waals surface area contributed by atoms with Gasteiger partial charge >= 0.3 is 0 Å². The van der Waals surface area contributed by atoms with Crippen LogP contribution < -0.4 is 5.73 Å². The lowest BCUT2D eigenvalue weighted by atomic mass is 10.1. The Bertz CT molecular complexity index is 338. The number of likely N-dealkylation sites (N-methyl/N-ethyl adjacent to an activating group) is 1. The Kier molecular flexibility index (Phi) is 3.78. The fourth-order valence-corrected chi connectivity index (χ4v) is 2.94. The maximum atomic E-state index is 5.64. The van der Waals surface area contributed by atoms with E-state index in [-0.39, 0.29) is 0 Å². The first-order chi connectivity index (χ1) is 7.69. The van der Waals surface area contributed by atoms with Gasteiger partial charge in [-0.05, 0) is 13.5 Å². The average molecular weight is 240 g/mol. The van der Waals surface area contributed by atoms with Crippen molar-refractivity contribution in [1.29, 1.82) is 0 Å². The summed E-state index contributed by atoms with van der Waals surface area (Å²) in [4.78, 5) is 10.3. The summed E-state index contributed by atoms with van der Waals surface area (Å²) in [5.41, 5.74) is 5.64. The number of hydrogen-bond donors (Lipinski definition) is 1. The molecule has 1 atom stereocenters. The van der Waals surface area contributed by atoms with E-state index in [9.17, 15) is 0 Å². The highest BCUT2D eigenvalue weighted by Crippen LogP contribution is 2.19. The first kappa shape index (κ1) is 11.8. The van der Waals surface area contributed by atoms with Crippen molar-refractivity contribution in [2.24, 2.45) is 0 Å². The molecule has 90 valence electrons. The second-order valence-corrected chi connectivity index (χ2v) is 5.59. The average Bonchev–Trinajstić information content (AvgIpc) is 2.67. The third-order valence-corrected chi connectivity index (χ3v) is 4.09. The zero-order valence-electron chi connectivity index (χ0n) is 10.0. The highest BCUT2D eigenvalue weighted by Gasteiger charge is 2.22. The number of piperazine rings is 1. The van der Waals surface area contributed by atoms with Gasteiger partial charge in [0.15, 0.2) is 5.13 Å². The Labute approximate surface area is 101 Å². The van der Waals surface area contributed by atoms with Crippen molar-refractivity contribution >= 4 is 16.5 Å². The molecule has 2 rings (SSSR count). The quantitative estimate of drug-likeness (QED) is 0.864. The van der Waals surface area contributed by atoms with Crippen LogP contribution in [0.4, 0.5) is 5.13 Å². The number of anilines is 1. The van der Waals surface area contributed by atoms with Crippen LogP contribution in [0, 0.1) is 0 Å². The normalized spacial score (nSPS) is 23.8. The third-order valence-electron chi connectivity index (χ3n) is 3.28. The number of nitrogens with zero attached hydrogens (tertiary/aromatic N) is 3. The van der Waals surface area contributed by atoms with Crippen LogP contribution in [0.1, 0.15) is 18.2 Å². The van der Waals surface area contributed by atoms with Crippen molar-refractivity contribution in [3.63, 3.8) is 0 Å². The zero-order valence-corrected chi connectivity index (χ0v) is 10.8. The van der Waals surface area contributed by atoms with Crippen molar-refractivity contribution in [3.8, 4) is 0 Å². The van der Waals surface area contributed by atoms with Gasteiger partial charge < -0.3 is 10.6 Å². The molecule has 4 nitrogen and oxygen atoms in total. The summed E-state index contributed by atoms with van der Waals surface area (Å²) < 4.78 is 0. The van der Waals surface area contributed by atoms with Crippen molar-refractivity contribution < 1.29 is 0 Å². The van der Waals surface area contributed by atoms with Gasteiger partial charge in [-0.15, -0.1) is 11.3 Å². The lowest BCUT2D eigenvalue weighted by Gasteiger charge is -2.38. The molecule has 0 bridgehead atoms. The lowest BCUT2D eigenvalue weighted by molar-refractivity contribution is 0.0890. The van der Waals surface area contributed by atoms with Crippen LogP contribution in [-0.2, 0) is 6.54 Å². The first-order valence-electron chi connectivity index (χ1n) is 5.81. The highest BCUT2D eigenvalue weighted by molar-refractivity contribution is 7.15. The molecular formula is C11H20N4S. The molecule has 1 saturated heterocycles. The van der Waals surface area contributed by atoms with Crippen LogP contribution in [0.5, 0.6) is 0 Å². The monoisotopic (exact) mass is 240 g/mol. The smallest absolute Gasteiger partial charge is 0.180 e. The van der Waals surface area contributed by atoms with E-state index in [4.69, 9.17) is 5.73 Å². The molecule has 2 N–H and O–H groups in total. The van der Waals surface area contributed by atoms with E-state index in [1.807, 2.05) is 6.20 Å². The topological polar surface area (TPSA) is 45.4 Å². The molecule has 1 aliphatic heterocycles. The minimum Gasteiger partial charge on any atom is -0.375 e. The molecular weight excluding hydrogens is 220 g/mol. The Balaban J connectivity index is 1.91. The standard InChI is InChI=1S/C11H20N4S/c1-3-9-7-15(5-4-14(9)2)8-10-6-13-11(12)16-10/h6,9H,3-5,7-8H2,1-2H3,(H2,12,13). The number of nitrogens with two attached hydrogens (primary N) is 1. The number of rotatable bonds is 3. The van der Waals surface area contributed by atoms with E-state index in [1.54, 1.807) is 11.3 Å². The maximum Gasteiger partial charge on any atom is 0.180 e. The minimum absolute atomic E-state index is 0.677. The summed E-state index contributed by atoms with van der Waals surface area (Å²) >= 11 is 1.60. The van der Waals surface area contributed by atoms with Gasteiger partial charge in [0, 0.05) is 43.3 Å². The lowest BCUT2D eigenvalue weighted by Crippen LogP contribution is -2.50. The number of thiazole rings is 1. The van der Waals surface area contributed by atoms with E-state index in [0.29, 0.717) is 11.2 Å². The Morgan fingerprint density at radius 2 is 2.38 bits per heavy atom. The summed E-state index contributed by atoms with van der Waals surface area (Å²) in [6, 6.07) is 0.694. The molecule has 16 heavy (non-hydrogen) atoms. The van der Waals surface area contributed by atoms with Crippen molar-refractivity contribution in [1.82, 2.24) is 14.8 Å². The summed E-state index contributed by atoms with van der Waals surface area (Å²) in [5.74, 6) is 0. The molecule has 2 heterocycles. The van der Waals surface area contributed by atoms with Crippen LogP contribution in [0.2, 0.25) is 0 Å². The highest BCUT2D eigenvalue weighted by atomic mass is 32.1. The Hall–Kier alpha value is -0.650. The second kappa shape index (κ2) is 5.12. The van der Waals surface area contributed by atoms with E-state index in [0.717, 1.165) is 26.2 Å². The molecule has 0 saturated carbocycles. The molecule has 0 aromatic carbocycles. The minimum atomic E-state index is 0.677. The number of hydrogen-bond acceptors (Lipinski definition) is 5. The molecule has 1 aromatic heterocycles. The molecule has 1 aliphatic rings. The number of aromatic nitrogens is 1. The van der Waals surface area contributed by atoms with Crippen LogP contribution in [0.3, 0.4) is 0 Å². The molecule has 0 amide bonds. The SMILES string of the molecule is CCC1CN(Cc2cnc(N)s2)CCN1C. The van der Waals surface area contributed by atoms with Gasteiger partial charge in [-0.3, -0.25) is 4.90 Å². The molecule has 0 spiro atoms. The van der Waals surface area contributed by atoms with Crippen LogP contribution in [-0.4, -0.2) is 47.5 Å². The fraction of sp³-hybridized carbons (Fsp3) is 0.727. The first-order valence-corrected chi connectivity index (χ1v) is 6.63. The zero-order chi connectivity index (χ0) is 11.5. The van der Waals surface area contributed by atoms with Gasteiger partial charge in [0.2, 0.25) is 0 Å². The number of nitrogen functional groups attached to an aromatic ring is 1. The summed E-state index contributed by atoms with van der Waals surface area (Å²) in [5, 5.41) is 0.677. The summed E-state index contributed by atoms with van der Waals surface area (Å²) in [7, 11) is 2.22. The second-order valence-electron chi connectivity index (χ2n) is 4.44. The van der Waals surface area contributed by atoms with Gasteiger partial charge in [0.1, 0.15) is 0 Å². The van der Waals surface area contributed by atoms with Gasteiger partial charge in [0.05, 0.1) is 0 Å². The Morgan fingerprint density at radius 1 is 1.56 bits per heavy atom. The van der Waals surface area contributed by atoms with E-state index < -0.39 is 0 Å². The molecule has 0 aliphatic carbocycles. The van der Waals surface area contributed by atoms with E-state index >= 15 is 0 Å². The summed E-state index contributed by atoms with van der Waals surface area (Å²) in [6.45, 7) is 6.72. The molecule has 0 radical (unpaired) electrons. The van der Waals surface area contributed by atoms with Crippen molar-refractivity contribution in [3.05, 3.63) is 11.1 Å². The van der Waals surface area contributed by atoms with E-state index in [1.165, 1.54) is 11.3 Å². The molecule has 1 aromatic rings. The van der Waals surface area contributed by atoms with Crippen molar-refractivity contribution in [2.45, 2.75) is 25.9 Å². The maximum absolute atomic E-state index is 5.64. The fourth-order valence-electron chi connectivity index (χ4n) is 2.21. The van der Waals surface area contributed by atoms with Crippen LogP contribution >= 0.6 is 11.3 Å². The molecule has 1 fully saturated rings. The van der Waals surface area contributed by atoms with Gasteiger partial charge in [0.25, 0.3) is 0 Å². The Morgan fingerprint density at radius 3 is 3.00 bits per heavy atom. The largest absolute Gasteiger partial charge is 0.375 e. The predicted octanol–water partition coefficient (Wildman–Crippen LogP) is 1.25. The summed E-state index contributed by atoms with van der Waals surface area (Å²) in [6.07, 6.45) is 3.12. The molecule has 5 heteroatoms. The van der Waals surface area contributed by atoms with Crippen LogP contribution in [0.15, 0.2) is 6.20 Å². The predicted molar refractivity (Wildman–Crippen MR) is 68.5 cm³/mol. The van der Waals surface area contributed by atoms with Crippen LogP contribution in [0.25, 0.3) is 0 Å².